The summed E-state index contributed by atoms with van der Waals surface area (Å²) in [7, 11) is 7.55. The summed E-state index contributed by atoms with van der Waals surface area (Å²) in [4.78, 5) is 81.4. The normalized spacial score (nSPS) is 35.2. The van der Waals surface area contributed by atoms with Gasteiger partial charge < -0.3 is 59.4 Å². The Kier molecular flexibility index (Phi) is 19.0. The lowest BCUT2D eigenvalue weighted by Crippen LogP contribution is -2.69. The van der Waals surface area contributed by atoms with Gasteiger partial charge in [0.25, 0.3) is 0 Å². The summed E-state index contributed by atoms with van der Waals surface area (Å²) >= 11 is 0. The number of rotatable bonds is 12. The van der Waals surface area contributed by atoms with Gasteiger partial charge in [0.05, 0.1) is 25.0 Å². The summed E-state index contributed by atoms with van der Waals surface area (Å²) < 4.78 is 23.4. The van der Waals surface area contributed by atoms with Gasteiger partial charge in [-0.2, -0.15) is 0 Å². The third kappa shape index (κ3) is 11.5. The molecule has 0 spiro atoms. The van der Waals surface area contributed by atoms with Crippen LogP contribution in [0.4, 0.5) is 0 Å². The van der Waals surface area contributed by atoms with Gasteiger partial charge in [-0.1, -0.05) is 115 Å². The van der Waals surface area contributed by atoms with E-state index in [4.69, 9.17) is 18.9 Å². The number of aliphatic hydroxyl groups is 6. The molecule has 0 aromatic heterocycles. The van der Waals surface area contributed by atoms with Gasteiger partial charge in [0.15, 0.2) is 17.7 Å². The van der Waals surface area contributed by atoms with Crippen LogP contribution in [0.15, 0.2) is 107 Å². The highest BCUT2D eigenvalue weighted by molar-refractivity contribution is 5.99. The molecule has 0 radical (unpaired) electrons. The fourth-order valence-electron chi connectivity index (χ4n) is 15.4. The number of allylic oxidation sites excluding steroid dienone is 2. The predicted molar refractivity (Wildman–Crippen MR) is 312 cm³/mol. The minimum Gasteiger partial charge on any atom is -0.459 e. The third-order valence-corrected chi connectivity index (χ3v) is 20.5. The SMILES string of the molecule is C=C1[C@@H](OC(=O)C[C@H](c2ccccc2)N(C)C)CC[C@@]2(C)[C@@H](O)[C@H](OC(C)=O)C3=C(C)C(=O)C[C@@](O)([C@@H](O)[C@H]12)C3(C)C.C=C1[C@@H](OC(=O)C[C@H](c2ccccc2)N(C)C)CC[C@@]2(C)[C@@H](OC(C)=O)[C@H](O)C3=C(C)C(=O)C[C@@](O)([C@@H](O)[C@H]12)C3(C)C. The van der Waals surface area contributed by atoms with Crippen molar-refractivity contribution < 1.29 is 78.4 Å². The highest BCUT2D eigenvalue weighted by Crippen LogP contribution is 2.63. The van der Waals surface area contributed by atoms with Crippen molar-refractivity contribution >= 4 is 35.4 Å². The van der Waals surface area contributed by atoms with Crippen LogP contribution in [0.1, 0.15) is 144 Å². The summed E-state index contributed by atoms with van der Waals surface area (Å²) in [6.07, 6.45) is -9.16. The van der Waals surface area contributed by atoms with Gasteiger partial charge in [-0.15, -0.1) is 0 Å². The van der Waals surface area contributed by atoms with Crippen LogP contribution >= 0.6 is 0 Å². The van der Waals surface area contributed by atoms with E-state index < -0.39 is 129 Å². The maximum absolute atomic E-state index is 13.3. The number of carbonyl (C=O) groups excluding carboxylic acids is 6. The molecule has 6 N–H and O–H groups in total. The summed E-state index contributed by atoms with van der Waals surface area (Å²) in [5, 5.41) is 72.2. The zero-order chi connectivity index (χ0) is 62.7. The van der Waals surface area contributed by atoms with E-state index in [9.17, 15) is 59.4 Å². The van der Waals surface area contributed by atoms with E-state index in [1.54, 1.807) is 55.4 Å². The lowest BCUT2D eigenvalue weighted by molar-refractivity contribution is -0.223. The third-order valence-electron chi connectivity index (χ3n) is 20.5. The first kappa shape index (κ1) is 65.8. The van der Waals surface area contributed by atoms with E-state index in [1.807, 2.05) is 98.7 Å². The molecule has 0 saturated heterocycles. The van der Waals surface area contributed by atoms with Crippen LogP contribution < -0.4 is 0 Å². The molecule has 460 valence electrons. The van der Waals surface area contributed by atoms with Crippen molar-refractivity contribution in [3.63, 3.8) is 0 Å². The molecule has 0 unspecified atom stereocenters. The molecule has 4 bridgehead atoms. The number of nitrogens with zero attached hydrogens (tertiary/aromatic N) is 2. The highest BCUT2D eigenvalue weighted by Gasteiger charge is 2.69. The average molecular weight is 1170 g/mol. The first-order chi connectivity index (χ1) is 38.9. The lowest BCUT2D eigenvalue weighted by Gasteiger charge is -2.61. The zero-order valence-corrected chi connectivity index (χ0v) is 51.4. The van der Waals surface area contributed by atoms with Gasteiger partial charge in [-0.25, -0.2) is 0 Å². The smallest absolute Gasteiger partial charge is 0.308 e. The van der Waals surface area contributed by atoms with Crippen LogP contribution in [0.2, 0.25) is 0 Å². The number of fused-ring (bicyclic) bond motifs is 6. The minimum absolute atomic E-state index is 0.0823. The fourth-order valence-corrected chi connectivity index (χ4v) is 15.4. The summed E-state index contributed by atoms with van der Waals surface area (Å²) in [6, 6.07) is 18.8. The summed E-state index contributed by atoms with van der Waals surface area (Å²) in [5.41, 5.74) is -4.91. The van der Waals surface area contributed by atoms with Gasteiger partial charge in [-0.05, 0) is 112 Å². The van der Waals surface area contributed by atoms with Gasteiger partial charge in [0.1, 0.15) is 41.7 Å². The molecule has 6 aliphatic rings. The molecular formula is C66H90N2O16. The van der Waals surface area contributed by atoms with Gasteiger partial charge in [0.2, 0.25) is 0 Å². The standard InChI is InChI=1S/2C33H45NO8/c1-18-23(36)17-33(40)29(38)27-19(2)24(42-25(37)16-22(34(7)8)21-12-10-9-11-13-21)14-15-32(27,6)30(39)28(41-20(3)35)26(18)31(33,4)5;1-18-23(36)17-33(40)29(39)27-19(2)24(42-25(37)16-22(34(7)8)21-12-10-9-11-13-21)14-15-32(27,6)30(41-20(3)35)28(38)26(18)31(33,4)5/h2*9-13,22,24,27-30,38-40H,2,14-17H2,1,3-8H3/t2*22-,24+,27+,28-,29+,30+,32-,33-/m11/s1. The Morgan fingerprint density at radius 3 is 1.33 bits per heavy atom. The number of hydrogen-bond acceptors (Lipinski definition) is 18. The van der Waals surface area contributed by atoms with Crippen molar-refractivity contribution in [3.8, 4) is 0 Å². The van der Waals surface area contributed by atoms with Gasteiger partial charge >= 0.3 is 23.9 Å². The van der Waals surface area contributed by atoms with Crippen LogP contribution in [0.5, 0.6) is 0 Å². The van der Waals surface area contributed by atoms with Crippen LogP contribution in [-0.4, -0.2) is 164 Å². The van der Waals surface area contributed by atoms with Crippen molar-refractivity contribution in [2.75, 3.05) is 28.2 Å². The molecule has 8 rings (SSSR count). The Hall–Kier alpha value is -5.70. The van der Waals surface area contributed by atoms with Crippen molar-refractivity contribution in [1.29, 1.82) is 0 Å². The van der Waals surface area contributed by atoms with E-state index in [2.05, 4.69) is 13.2 Å². The van der Waals surface area contributed by atoms with Crippen molar-refractivity contribution in [3.05, 3.63) is 118 Å². The van der Waals surface area contributed by atoms with Crippen LogP contribution in [0.3, 0.4) is 0 Å². The minimum atomic E-state index is -1.97. The molecule has 0 heterocycles. The quantitative estimate of drug-likeness (QED) is 0.0747. The van der Waals surface area contributed by atoms with E-state index in [0.29, 0.717) is 40.7 Å². The van der Waals surface area contributed by atoms with Crippen LogP contribution in [0, 0.1) is 33.5 Å². The predicted octanol–water partition coefficient (Wildman–Crippen LogP) is 6.55. The number of Topliss-reactive ketones (excluding diaryl/α,β-unsaturated/α-hetero) is 2. The summed E-state index contributed by atoms with van der Waals surface area (Å²) in [6.45, 7) is 24.4. The van der Waals surface area contributed by atoms with Crippen molar-refractivity contribution in [1.82, 2.24) is 9.80 Å². The number of ether oxygens (including phenoxy) is 4. The number of esters is 4. The highest BCUT2D eigenvalue weighted by atomic mass is 16.6. The zero-order valence-electron chi connectivity index (χ0n) is 51.4. The second-order valence-corrected chi connectivity index (χ2v) is 26.6. The van der Waals surface area contributed by atoms with E-state index in [-0.39, 0.29) is 56.2 Å². The van der Waals surface area contributed by atoms with Crippen LogP contribution in [0.25, 0.3) is 0 Å². The van der Waals surface area contributed by atoms with Gasteiger partial charge in [-0.3, -0.25) is 28.8 Å². The molecule has 18 heteroatoms. The van der Waals surface area contributed by atoms with E-state index >= 15 is 0 Å². The van der Waals surface area contributed by atoms with Crippen molar-refractivity contribution in [2.24, 2.45) is 33.5 Å². The number of carbonyl (C=O) groups is 6. The number of aliphatic hydroxyl groups excluding tert-OH is 4. The Balaban J connectivity index is 0.000000241. The van der Waals surface area contributed by atoms with E-state index in [0.717, 1.165) is 11.1 Å². The number of ketones is 2. The lowest BCUT2D eigenvalue weighted by atomic mass is 9.48. The molecule has 4 saturated carbocycles. The Morgan fingerprint density at radius 1 is 0.571 bits per heavy atom. The summed E-state index contributed by atoms with van der Waals surface area (Å²) in [5.74, 6) is -4.93. The molecule has 4 fully saturated rings. The first-order valence-corrected chi connectivity index (χ1v) is 29.1. The molecular weight excluding hydrogens is 1080 g/mol. The molecule has 2 aromatic carbocycles. The van der Waals surface area contributed by atoms with Crippen LogP contribution in [-0.2, 0) is 47.7 Å². The fraction of sp³-hybridized carbons (Fsp3) is 0.606. The molecule has 0 aliphatic heterocycles. The molecule has 6 aliphatic carbocycles. The maximum Gasteiger partial charge on any atom is 0.308 e. The molecule has 2 aromatic rings. The maximum atomic E-state index is 13.3. The topological polar surface area (TPSA) is 267 Å². The molecule has 0 amide bonds. The number of hydrogen-bond donors (Lipinski definition) is 6. The molecule has 16 atom stereocenters. The number of benzene rings is 2. The monoisotopic (exact) mass is 1170 g/mol. The Labute approximate surface area is 494 Å². The largest absolute Gasteiger partial charge is 0.459 e. The Morgan fingerprint density at radius 2 is 0.940 bits per heavy atom. The Bertz CT molecular complexity index is 2970. The second kappa shape index (κ2) is 24.2. The first-order valence-electron chi connectivity index (χ1n) is 29.1. The average Bonchev–Trinajstić information content (AvgIpc) is 0.887. The molecule has 18 nitrogen and oxygen atoms in total. The second-order valence-electron chi connectivity index (χ2n) is 26.6. The van der Waals surface area contributed by atoms with E-state index in [1.165, 1.54) is 13.8 Å². The molecule has 84 heavy (non-hydrogen) atoms. The van der Waals surface area contributed by atoms with Gasteiger partial charge in [0, 0.05) is 72.3 Å². The van der Waals surface area contributed by atoms with Crippen molar-refractivity contribution in [2.45, 2.75) is 193 Å².